The molecular formula is C12H15F3N2. The van der Waals surface area contributed by atoms with Gasteiger partial charge in [0.15, 0.2) is 0 Å². The minimum Gasteiger partial charge on any atom is -0.381 e. The van der Waals surface area contributed by atoms with Gasteiger partial charge in [0.25, 0.3) is 0 Å². The standard InChI is InChI=1S/C12H15F3N2/c13-12(14,15)8-3-1-4-9(7-8)17-11-6-2-5-10(11)16/h1,3-4,7,10-11,17H,2,5-6,16H2/t10-,11+/m1/s1. The highest BCUT2D eigenvalue weighted by Crippen LogP contribution is 2.31. The van der Waals surface area contributed by atoms with Gasteiger partial charge in [0.1, 0.15) is 0 Å². The highest BCUT2D eigenvalue weighted by atomic mass is 19.4. The van der Waals surface area contributed by atoms with E-state index in [1.54, 1.807) is 6.07 Å². The van der Waals surface area contributed by atoms with Crippen LogP contribution in [0.1, 0.15) is 24.8 Å². The first kappa shape index (κ1) is 12.2. The van der Waals surface area contributed by atoms with Crippen molar-refractivity contribution < 1.29 is 13.2 Å². The Morgan fingerprint density at radius 1 is 1.24 bits per heavy atom. The molecule has 1 aromatic carbocycles. The van der Waals surface area contributed by atoms with Crippen molar-refractivity contribution in [3.05, 3.63) is 29.8 Å². The number of nitrogens with one attached hydrogen (secondary N) is 1. The summed E-state index contributed by atoms with van der Waals surface area (Å²) in [6.07, 6.45) is -1.43. The zero-order chi connectivity index (χ0) is 12.5. The van der Waals surface area contributed by atoms with E-state index in [-0.39, 0.29) is 12.1 Å². The Bertz CT molecular complexity index is 390. The van der Waals surface area contributed by atoms with E-state index in [4.69, 9.17) is 5.73 Å². The van der Waals surface area contributed by atoms with Crippen LogP contribution in [-0.4, -0.2) is 12.1 Å². The molecule has 1 aliphatic rings. The second-order valence-electron chi connectivity index (χ2n) is 4.42. The molecule has 1 saturated carbocycles. The molecule has 94 valence electrons. The Kier molecular flexibility index (Phi) is 3.28. The van der Waals surface area contributed by atoms with Crippen molar-refractivity contribution in [1.29, 1.82) is 0 Å². The van der Waals surface area contributed by atoms with Gasteiger partial charge in [-0.2, -0.15) is 13.2 Å². The second kappa shape index (κ2) is 4.56. The number of benzene rings is 1. The minimum absolute atomic E-state index is 0.0320. The maximum atomic E-state index is 12.5. The molecule has 17 heavy (non-hydrogen) atoms. The first-order valence-corrected chi connectivity index (χ1v) is 5.66. The topological polar surface area (TPSA) is 38.0 Å². The van der Waals surface area contributed by atoms with Crippen LogP contribution >= 0.6 is 0 Å². The number of anilines is 1. The Hall–Kier alpha value is -1.23. The first-order chi connectivity index (χ1) is 7.97. The number of rotatable bonds is 2. The zero-order valence-corrected chi connectivity index (χ0v) is 9.30. The SMILES string of the molecule is N[C@@H]1CCC[C@@H]1Nc1cccc(C(F)(F)F)c1. The van der Waals surface area contributed by atoms with Crippen LogP contribution in [0.2, 0.25) is 0 Å². The highest BCUT2D eigenvalue weighted by molar-refractivity contribution is 5.47. The molecule has 3 N–H and O–H groups in total. The number of nitrogens with two attached hydrogens (primary N) is 1. The van der Waals surface area contributed by atoms with Gasteiger partial charge in [0, 0.05) is 17.8 Å². The van der Waals surface area contributed by atoms with E-state index >= 15 is 0 Å². The summed E-state index contributed by atoms with van der Waals surface area (Å²) >= 11 is 0. The Balaban J connectivity index is 2.11. The van der Waals surface area contributed by atoms with Crippen LogP contribution in [0.3, 0.4) is 0 Å². The van der Waals surface area contributed by atoms with E-state index < -0.39 is 11.7 Å². The lowest BCUT2D eigenvalue weighted by atomic mass is 10.1. The van der Waals surface area contributed by atoms with Gasteiger partial charge < -0.3 is 11.1 Å². The van der Waals surface area contributed by atoms with Gasteiger partial charge in [0.2, 0.25) is 0 Å². The molecule has 1 fully saturated rings. The minimum atomic E-state index is -4.30. The smallest absolute Gasteiger partial charge is 0.381 e. The first-order valence-electron chi connectivity index (χ1n) is 5.66. The Morgan fingerprint density at radius 2 is 2.00 bits per heavy atom. The van der Waals surface area contributed by atoms with Crippen LogP contribution < -0.4 is 11.1 Å². The summed E-state index contributed by atoms with van der Waals surface area (Å²) in [7, 11) is 0. The van der Waals surface area contributed by atoms with Crippen molar-refractivity contribution in [2.24, 2.45) is 5.73 Å². The quantitative estimate of drug-likeness (QED) is 0.839. The van der Waals surface area contributed by atoms with E-state index in [0.29, 0.717) is 5.69 Å². The highest BCUT2D eigenvalue weighted by Gasteiger charge is 2.31. The van der Waals surface area contributed by atoms with E-state index in [1.165, 1.54) is 6.07 Å². The summed E-state index contributed by atoms with van der Waals surface area (Å²) < 4.78 is 37.5. The third-order valence-corrected chi connectivity index (χ3v) is 3.11. The maximum Gasteiger partial charge on any atom is 0.416 e. The monoisotopic (exact) mass is 244 g/mol. The predicted molar refractivity (Wildman–Crippen MR) is 60.7 cm³/mol. The fourth-order valence-electron chi connectivity index (χ4n) is 2.17. The summed E-state index contributed by atoms with van der Waals surface area (Å²) in [6, 6.07) is 5.36. The number of halogens is 3. The van der Waals surface area contributed by atoms with Crippen molar-refractivity contribution in [3.8, 4) is 0 Å². The Morgan fingerprint density at radius 3 is 2.59 bits per heavy atom. The second-order valence-corrected chi connectivity index (χ2v) is 4.42. The third kappa shape index (κ3) is 2.91. The molecule has 2 rings (SSSR count). The van der Waals surface area contributed by atoms with Crippen LogP contribution in [0, 0.1) is 0 Å². The maximum absolute atomic E-state index is 12.5. The normalized spacial score (nSPS) is 24.9. The van der Waals surface area contributed by atoms with Gasteiger partial charge in [0.05, 0.1) is 5.56 Å². The van der Waals surface area contributed by atoms with E-state index in [0.717, 1.165) is 31.4 Å². The van der Waals surface area contributed by atoms with Gasteiger partial charge >= 0.3 is 6.18 Å². The molecule has 0 radical (unpaired) electrons. The lowest BCUT2D eigenvalue weighted by molar-refractivity contribution is -0.137. The van der Waals surface area contributed by atoms with Crippen molar-refractivity contribution in [2.45, 2.75) is 37.5 Å². The van der Waals surface area contributed by atoms with Gasteiger partial charge in [-0.15, -0.1) is 0 Å². The molecule has 5 heteroatoms. The fraction of sp³-hybridized carbons (Fsp3) is 0.500. The van der Waals surface area contributed by atoms with Gasteiger partial charge in [-0.1, -0.05) is 6.07 Å². The van der Waals surface area contributed by atoms with Gasteiger partial charge in [-0.05, 0) is 37.5 Å². The third-order valence-electron chi connectivity index (χ3n) is 3.11. The van der Waals surface area contributed by atoms with Crippen molar-refractivity contribution in [2.75, 3.05) is 5.32 Å². The van der Waals surface area contributed by atoms with Crippen molar-refractivity contribution in [3.63, 3.8) is 0 Å². The molecule has 0 heterocycles. The molecule has 0 bridgehead atoms. The van der Waals surface area contributed by atoms with E-state index in [2.05, 4.69) is 5.32 Å². The van der Waals surface area contributed by atoms with E-state index in [1.807, 2.05) is 0 Å². The lowest BCUT2D eigenvalue weighted by Crippen LogP contribution is -2.35. The van der Waals surface area contributed by atoms with Crippen LogP contribution in [0.4, 0.5) is 18.9 Å². The summed E-state index contributed by atoms with van der Waals surface area (Å²) in [4.78, 5) is 0. The lowest BCUT2D eigenvalue weighted by Gasteiger charge is -2.19. The van der Waals surface area contributed by atoms with Crippen molar-refractivity contribution in [1.82, 2.24) is 0 Å². The molecule has 0 saturated heterocycles. The molecule has 0 spiro atoms. The summed E-state index contributed by atoms with van der Waals surface area (Å²) in [5, 5.41) is 3.08. The molecule has 0 aromatic heterocycles. The Labute approximate surface area is 98.0 Å². The molecular weight excluding hydrogens is 229 g/mol. The molecule has 2 atom stereocenters. The summed E-state index contributed by atoms with van der Waals surface area (Å²) in [6.45, 7) is 0. The molecule has 0 amide bonds. The average Bonchev–Trinajstić information content (AvgIpc) is 2.64. The van der Waals surface area contributed by atoms with Crippen LogP contribution in [0.25, 0.3) is 0 Å². The van der Waals surface area contributed by atoms with Crippen LogP contribution in [0.15, 0.2) is 24.3 Å². The van der Waals surface area contributed by atoms with Gasteiger partial charge in [-0.25, -0.2) is 0 Å². The van der Waals surface area contributed by atoms with Gasteiger partial charge in [-0.3, -0.25) is 0 Å². The average molecular weight is 244 g/mol. The zero-order valence-electron chi connectivity index (χ0n) is 9.30. The molecule has 0 unspecified atom stereocenters. The molecule has 1 aliphatic carbocycles. The largest absolute Gasteiger partial charge is 0.416 e. The summed E-state index contributed by atoms with van der Waals surface area (Å²) in [5.41, 5.74) is 5.72. The van der Waals surface area contributed by atoms with Crippen LogP contribution in [0.5, 0.6) is 0 Å². The van der Waals surface area contributed by atoms with E-state index in [9.17, 15) is 13.2 Å². The molecule has 0 aliphatic heterocycles. The number of alkyl halides is 3. The molecule has 1 aromatic rings. The fourth-order valence-corrected chi connectivity index (χ4v) is 2.17. The predicted octanol–water partition coefficient (Wildman–Crippen LogP) is 3.00. The summed E-state index contributed by atoms with van der Waals surface area (Å²) in [5.74, 6) is 0. The number of hydrogen-bond donors (Lipinski definition) is 2. The van der Waals surface area contributed by atoms with Crippen LogP contribution in [-0.2, 0) is 6.18 Å². The number of hydrogen-bond acceptors (Lipinski definition) is 2. The molecule has 2 nitrogen and oxygen atoms in total. The van der Waals surface area contributed by atoms with Crippen molar-refractivity contribution >= 4 is 5.69 Å².